The predicted octanol–water partition coefficient (Wildman–Crippen LogP) is 1.05. The van der Waals surface area contributed by atoms with E-state index < -0.39 is 0 Å². The minimum atomic E-state index is 0.0169. The summed E-state index contributed by atoms with van der Waals surface area (Å²) in [6.07, 6.45) is 3.28. The summed E-state index contributed by atoms with van der Waals surface area (Å²) in [5, 5.41) is 9.05. The predicted molar refractivity (Wildman–Crippen MR) is 43.4 cm³/mol. The number of pyridine rings is 1. The summed E-state index contributed by atoms with van der Waals surface area (Å²) in [4.78, 5) is 3.85. The number of fused-ring (bicyclic) bond motifs is 1. The molecule has 0 aliphatic rings. The zero-order chi connectivity index (χ0) is 8.55. The van der Waals surface area contributed by atoms with Gasteiger partial charge in [0.2, 0.25) is 5.88 Å². The van der Waals surface area contributed by atoms with Crippen LogP contribution in [0.25, 0.3) is 5.65 Å². The van der Waals surface area contributed by atoms with Crippen molar-refractivity contribution in [3.63, 3.8) is 0 Å². The third kappa shape index (κ3) is 0.972. The van der Waals surface area contributed by atoms with Gasteiger partial charge in [-0.3, -0.25) is 4.40 Å². The third-order valence-corrected chi connectivity index (χ3v) is 1.65. The van der Waals surface area contributed by atoms with Crippen LogP contribution >= 0.6 is 0 Å². The molecule has 0 amide bonds. The highest BCUT2D eigenvalue weighted by molar-refractivity contribution is 5.44. The van der Waals surface area contributed by atoms with Crippen molar-refractivity contribution in [2.24, 2.45) is 0 Å². The molecule has 12 heavy (non-hydrogen) atoms. The molecule has 0 unspecified atom stereocenters. The number of imidazole rings is 1. The van der Waals surface area contributed by atoms with E-state index in [1.165, 1.54) is 6.20 Å². The second-order valence-corrected chi connectivity index (χ2v) is 2.43. The van der Waals surface area contributed by atoms with Crippen LogP contribution in [0.5, 0.6) is 11.6 Å². The standard InChI is InChI=1S/C8H8N2O2/c1-12-6-2-3-7-9-8(11)5-10(7)4-6/h2-5,11H,1H3. The Morgan fingerprint density at radius 1 is 1.42 bits per heavy atom. The Labute approximate surface area is 69.0 Å². The van der Waals surface area contributed by atoms with Crippen molar-refractivity contribution in [2.75, 3.05) is 7.11 Å². The molecule has 62 valence electrons. The summed E-state index contributed by atoms with van der Waals surface area (Å²) >= 11 is 0. The normalized spacial score (nSPS) is 10.4. The van der Waals surface area contributed by atoms with Crippen molar-refractivity contribution >= 4 is 5.65 Å². The van der Waals surface area contributed by atoms with Gasteiger partial charge < -0.3 is 9.84 Å². The van der Waals surface area contributed by atoms with E-state index >= 15 is 0 Å². The fraction of sp³-hybridized carbons (Fsp3) is 0.125. The van der Waals surface area contributed by atoms with Crippen molar-refractivity contribution in [3.8, 4) is 11.6 Å². The first-order valence-electron chi connectivity index (χ1n) is 3.51. The molecule has 1 N–H and O–H groups in total. The number of aromatic hydroxyl groups is 1. The SMILES string of the molecule is COc1ccc2nc(O)cn2c1. The molecule has 0 atom stereocenters. The molecule has 2 heterocycles. The van der Waals surface area contributed by atoms with Crippen LogP contribution in [0.4, 0.5) is 0 Å². The number of hydrogen-bond acceptors (Lipinski definition) is 3. The second-order valence-electron chi connectivity index (χ2n) is 2.43. The average Bonchev–Trinajstić information content (AvgIpc) is 2.43. The molecule has 0 aliphatic carbocycles. The van der Waals surface area contributed by atoms with E-state index in [4.69, 9.17) is 9.84 Å². The zero-order valence-corrected chi connectivity index (χ0v) is 6.56. The van der Waals surface area contributed by atoms with Crippen LogP contribution in [0.15, 0.2) is 24.5 Å². The lowest BCUT2D eigenvalue weighted by Gasteiger charge is -1.98. The smallest absolute Gasteiger partial charge is 0.230 e. The number of aromatic nitrogens is 2. The molecule has 0 saturated carbocycles. The van der Waals surface area contributed by atoms with Crippen LogP contribution in [-0.2, 0) is 0 Å². The zero-order valence-electron chi connectivity index (χ0n) is 6.56. The van der Waals surface area contributed by atoms with E-state index in [1.807, 2.05) is 0 Å². The lowest BCUT2D eigenvalue weighted by atomic mass is 10.4. The minimum absolute atomic E-state index is 0.0169. The highest BCUT2D eigenvalue weighted by atomic mass is 16.5. The van der Waals surface area contributed by atoms with Gasteiger partial charge in [-0.25, -0.2) is 0 Å². The molecular formula is C8H8N2O2. The van der Waals surface area contributed by atoms with Gasteiger partial charge in [0.15, 0.2) is 0 Å². The topological polar surface area (TPSA) is 46.8 Å². The van der Waals surface area contributed by atoms with Gasteiger partial charge in [-0.2, -0.15) is 4.98 Å². The fourth-order valence-electron chi connectivity index (χ4n) is 1.08. The van der Waals surface area contributed by atoms with E-state index in [1.54, 1.807) is 29.8 Å². The van der Waals surface area contributed by atoms with Gasteiger partial charge in [-0.1, -0.05) is 0 Å². The van der Waals surface area contributed by atoms with Gasteiger partial charge in [0.05, 0.1) is 19.5 Å². The van der Waals surface area contributed by atoms with E-state index in [2.05, 4.69) is 4.98 Å². The van der Waals surface area contributed by atoms with E-state index in [0.29, 0.717) is 5.65 Å². The lowest BCUT2D eigenvalue weighted by Crippen LogP contribution is -1.86. The van der Waals surface area contributed by atoms with Crippen LogP contribution < -0.4 is 4.74 Å². The van der Waals surface area contributed by atoms with Gasteiger partial charge >= 0.3 is 0 Å². The Morgan fingerprint density at radius 2 is 2.25 bits per heavy atom. The summed E-state index contributed by atoms with van der Waals surface area (Å²) < 4.78 is 6.70. The molecule has 0 spiro atoms. The highest BCUT2D eigenvalue weighted by Crippen LogP contribution is 2.15. The molecule has 4 nitrogen and oxygen atoms in total. The van der Waals surface area contributed by atoms with Gasteiger partial charge in [-0.15, -0.1) is 0 Å². The van der Waals surface area contributed by atoms with E-state index in [-0.39, 0.29) is 5.88 Å². The molecule has 2 aromatic heterocycles. The number of rotatable bonds is 1. The van der Waals surface area contributed by atoms with Crippen molar-refractivity contribution in [2.45, 2.75) is 0 Å². The van der Waals surface area contributed by atoms with Crippen molar-refractivity contribution in [3.05, 3.63) is 24.5 Å². The quantitative estimate of drug-likeness (QED) is 0.685. The largest absolute Gasteiger partial charge is 0.495 e. The van der Waals surface area contributed by atoms with Gasteiger partial charge in [-0.05, 0) is 12.1 Å². The summed E-state index contributed by atoms with van der Waals surface area (Å²) in [5.74, 6) is 0.753. The van der Waals surface area contributed by atoms with E-state index in [0.717, 1.165) is 5.75 Å². The molecule has 0 saturated heterocycles. The average molecular weight is 164 g/mol. The van der Waals surface area contributed by atoms with Gasteiger partial charge in [0.1, 0.15) is 11.4 Å². The first-order chi connectivity index (χ1) is 5.79. The maximum absolute atomic E-state index is 9.05. The first-order valence-corrected chi connectivity index (χ1v) is 3.51. The summed E-state index contributed by atoms with van der Waals surface area (Å²) in [6, 6.07) is 3.57. The van der Waals surface area contributed by atoms with Gasteiger partial charge in [0, 0.05) is 0 Å². The van der Waals surface area contributed by atoms with Crippen LogP contribution in [0.1, 0.15) is 0 Å². The minimum Gasteiger partial charge on any atom is -0.495 e. The van der Waals surface area contributed by atoms with Crippen molar-refractivity contribution in [1.29, 1.82) is 0 Å². The molecule has 4 heteroatoms. The molecule has 0 fully saturated rings. The Kier molecular flexibility index (Phi) is 1.40. The molecule has 2 aromatic rings. The number of methoxy groups -OCH3 is 1. The second kappa shape index (κ2) is 2.41. The van der Waals surface area contributed by atoms with Crippen molar-refractivity contribution < 1.29 is 9.84 Å². The summed E-state index contributed by atoms with van der Waals surface area (Å²) in [7, 11) is 1.60. The van der Waals surface area contributed by atoms with Crippen molar-refractivity contribution in [1.82, 2.24) is 9.38 Å². The molecular weight excluding hydrogens is 156 g/mol. The van der Waals surface area contributed by atoms with Crippen LogP contribution in [0.2, 0.25) is 0 Å². The summed E-state index contributed by atoms with van der Waals surface area (Å²) in [5.41, 5.74) is 0.702. The highest BCUT2D eigenvalue weighted by Gasteiger charge is 1.99. The molecule has 0 aliphatic heterocycles. The molecule has 0 bridgehead atoms. The first kappa shape index (κ1) is 6.97. The lowest BCUT2D eigenvalue weighted by molar-refractivity contribution is 0.412. The Bertz CT molecular complexity index is 408. The van der Waals surface area contributed by atoms with Crippen LogP contribution in [0.3, 0.4) is 0 Å². The number of ether oxygens (including phenoxy) is 1. The maximum Gasteiger partial charge on any atom is 0.230 e. The monoisotopic (exact) mass is 164 g/mol. The van der Waals surface area contributed by atoms with E-state index in [9.17, 15) is 0 Å². The molecule has 0 aromatic carbocycles. The maximum atomic E-state index is 9.05. The summed E-state index contributed by atoms with van der Waals surface area (Å²) in [6.45, 7) is 0. The Balaban J connectivity index is 2.66. The van der Waals surface area contributed by atoms with Crippen LogP contribution in [-0.4, -0.2) is 21.6 Å². The molecule has 2 rings (SSSR count). The van der Waals surface area contributed by atoms with Gasteiger partial charge in [0.25, 0.3) is 0 Å². The van der Waals surface area contributed by atoms with Crippen LogP contribution in [0, 0.1) is 0 Å². The fourth-order valence-corrected chi connectivity index (χ4v) is 1.08. The Morgan fingerprint density at radius 3 is 3.00 bits per heavy atom. The Hall–Kier alpha value is -1.71. The number of hydrogen-bond donors (Lipinski definition) is 1. The number of nitrogens with zero attached hydrogens (tertiary/aromatic N) is 2. The molecule has 0 radical (unpaired) electrons. The third-order valence-electron chi connectivity index (χ3n) is 1.65.